The van der Waals surface area contributed by atoms with Crippen LogP contribution in [0, 0.1) is 11.3 Å². The topological polar surface area (TPSA) is 41.1 Å². The highest BCUT2D eigenvalue weighted by atomic mass is 35.5. The van der Waals surface area contributed by atoms with Crippen LogP contribution in [-0.2, 0) is 4.79 Å². The van der Waals surface area contributed by atoms with E-state index in [1.807, 2.05) is 0 Å². The van der Waals surface area contributed by atoms with Gasteiger partial charge >= 0.3 is 0 Å². The number of carbonyl (C=O) groups is 1. The summed E-state index contributed by atoms with van der Waals surface area (Å²) in [5, 5.41) is 6.63. The van der Waals surface area contributed by atoms with E-state index in [0.29, 0.717) is 11.3 Å². The molecule has 1 heterocycles. The van der Waals surface area contributed by atoms with Gasteiger partial charge < -0.3 is 10.6 Å². The van der Waals surface area contributed by atoms with E-state index in [4.69, 9.17) is 0 Å². The molecule has 0 radical (unpaired) electrons. The summed E-state index contributed by atoms with van der Waals surface area (Å²) in [5.41, 5.74) is 2.94. The predicted octanol–water partition coefficient (Wildman–Crippen LogP) is 4.14. The molecular formula is C23H29ClN2O. The number of benzene rings is 2. The number of carbonyl (C=O) groups excluding carboxylic acids is 1. The highest BCUT2D eigenvalue weighted by Crippen LogP contribution is 2.58. The van der Waals surface area contributed by atoms with Crippen molar-refractivity contribution in [1.29, 1.82) is 0 Å². The first kappa shape index (κ1) is 19.9. The van der Waals surface area contributed by atoms with Crippen molar-refractivity contribution >= 4 is 18.3 Å². The molecule has 144 valence electrons. The van der Waals surface area contributed by atoms with Gasteiger partial charge in [0.15, 0.2) is 0 Å². The molecule has 4 rings (SSSR count). The van der Waals surface area contributed by atoms with E-state index in [9.17, 15) is 4.79 Å². The summed E-state index contributed by atoms with van der Waals surface area (Å²) in [7, 11) is 0. The molecule has 1 aliphatic carbocycles. The lowest BCUT2D eigenvalue weighted by atomic mass is 9.88. The Morgan fingerprint density at radius 1 is 1.00 bits per heavy atom. The zero-order chi connectivity index (χ0) is 17.8. The first-order valence-electron chi connectivity index (χ1n) is 9.87. The Morgan fingerprint density at radius 3 is 2.11 bits per heavy atom. The van der Waals surface area contributed by atoms with Gasteiger partial charge in [-0.05, 0) is 55.3 Å². The van der Waals surface area contributed by atoms with Crippen LogP contribution in [0.4, 0.5) is 0 Å². The smallest absolute Gasteiger partial charge is 0.223 e. The lowest BCUT2D eigenvalue weighted by molar-refractivity contribution is -0.123. The average molecular weight is 385 g/mol. The minimum atomic E-state index is 0. The van der Waals surface area contributed by atoms with Gasteiger partial charge in [0.25, 0.3) is 0 Å². The molecule has 2 aromatic rings. The van der Waals surface area contributed by atoms with Crippen molar-refractivity contribution in [2.75, 3.05) is 19.6 Å². The Labute approximate surface area is 168 Å². The number of piperidine rings is 1. The number of amides is 1. The van der Waals surface area contributed by atoms with Crippen LogP contribution >= 0.6 is 12.4 Å². The highest BCUT2D eigenvalue weighted by Gasteiger charge is 2.57. The first-order chi connectivity index (χ1) is 12.8. The summed E-state index contributed by atoms with van der Waals surface area (Å²) in [4.78, 5) is 12.6. The summed E-state index contributed by atoms with van der Waals surface area (Å²) in [6, 6.07) is 21.2. The summed E-state index contributed by atoms with van der Waals surface area (Å²) >= 11 is 0. The third-order valence-electron chi connectivity index (χ3n) is 6.24. The molecule has 2 aromatic carbocycles. The molecule has 0 aromatic heterocycles. The fourth-order valence-electron chi connectivity index (χ4n) is 4.56. The minimum absolute atomic E-state index is 0. The molecule has 2 fully saturated rings. The summed E-state index contributed by atoms with van der Waals surface area (Å²) < 4.78 is 0. The fraction of sp³-hybridized carbons (Fsp3) is 0.435. The van der Waals surface area contributed by atoms with Crippen molar-refractivity contribution in [2.24, 2.45) is 11.3 Å². The van der Waals surface area contributed by atoms with Gasteiger partial charge in [-0.15, -0.1) is 12.4 Å². The highest BCUT2D eigenvalue weighted by molar-refractivity contribution is 5.85. The van der Waals surface area contributed by atoms with Gasteiger partial charge in [-0.3, -0.25) is 4.79 Å². The molecule has 1 unspecified atom stereocenters. The molecule has 1 saturated carbocycles. The Bertz CT molecular complexity index is 689. The second-order valence-electron chi connectivity index (χ2n) is 7.82. The summed E-state index contributed by atoms with van der Waals surface area (Å²) in [6.07, 6.45) is 4.33. The van der Waals surface area contributed by atoms with Gasteiger partial charge in [0.2, 0.25) is 5.91 Å². The lowest BCUT2D eigenvalue weighted by Gasteiger charge is -2.23. The van der Waals surface area contributed by atoms with Crippen LogP contribution in [0.5, 0.6) is 0 Å². The van der Waals surface area contributed by atoms with Gasteiger partial charge in [0, 0.05) is 18.4 Å². The van der Waals surface area contributed by atoms with Crippen LogP contribution < -0.4 is 10.6 Å². The van der Waals surface area contributed by atoms with Crippen molar-refractivity contribution < 1.29 is 4.79 Å². The number of halogens is 1. The molecule has 1 atom stereocenters. The zero-order valence-corrected chi connectivity index (χ0v) is 16.5. The van der Waals surface area contributed by atoms with E-state index in [0.717, 1.165) is 45.3 Å². The Kier molecular flexibility index (Phi) is 6.56. The quantitative estimate of drug-likeness (QED) is 0.785. The van der Waals surface area contributed by atoms with Crippen LogP contribution in [0.15, 0.2) is 60.7 Å². The van der Waals surface area contributed by atoms with Crippen LogP contribution in [0.3, 0.4) is 0 Å². The van der Waals surface area contributed by atoms with E-state index < -0.39 is 0 Å². The van der Waals surface area contributed by atoms with Gasteiger partial charge in [0.05, 0.1) is 0 Å². The molecule has 1 amide bonds. The zero-order valence-electron chi connectivity index (χ0n) is 15.7. The lowest BCUT2D eigenvalue weighted by Crippen LogP contribution is -2.34. The Morgan fingerprint density at radius 2 is 1.56 bits per heavy atom. The van der Waals surface area contributed by atoms with Gasteiger partial charge in [-0.1, -0.05) is 60.7 Å². The summed E-state index contributed by atoms with van der Waals surface area (Å²) in [5.74, 6) is 0.841. The molecule has 2 aliphatic rings. The van der Waals surface area contributed by atoms with Gasteiger partial charge in [-0.2, -0.15) is 0 Å². The molecule has 1 spiro atoms. The van der Waals surface area contributed by atoms with Crippen molar-refractivity contribution in [3.63, 3.8) is 0 Å². The van der Waals surface area contributed by atoms with Crippen LogP contribution in [-0.4, -0.2) is 25.5 Å². The van der Waals surface area contributed by atoms with E-state index in [1.54, 1.807) is 0 Å². The molecule has 2 N–H and O–H groups in total. The Balaban J connectivity index is 0.00000210. The first-order valence-corrected chi connectivity index (χ1v) is 9.87. The molecule has 3 nitrogen and oxygen atoms in total. The maximum Gasteiger partial charge on any atom is 0.223 e. The predicted molar refractivity (Wildman–Crippen MR) is 112 cm³/mol. The molecule has 4 heteroatoms. The standard InChI is InChI=1S/C23H28N2O.ClH/c26-22(21-17-23(21)12-15-24-16-13-23)25-14-11-20(18-7-3-1-4-8-18)19-9-5-2-6-10-19;/h1-10,20-21,24H,11-17H2,(H,25,26);1H. The molecule has 27 heavy (non-hydrogen) atoms. The fourth-order valence-corrected chi connectivity index (χ4v) is 4.56. The maximum absolute atomic E-state index is 12.6. The third kappa shape index (κ3) is 4.53. The molecule has 1 aliphatic heterocycles. The molecule has 0 bridgehead atoms. The largest absolute Gasteiger partial charge is 0.356 e. The van der Waals surface area contributed by atoms with Crippen LogP contribution in [0.2, 0.25) is 0 Å². The minimum Gasteiger partial charge on any atom is -0.356 e. The average Bonchev–Trinajstić information content (AvgIpc) is 3.40. The Hall–Kier alpha value is -1.84. The molecule has 1 saturated heterocycles. The van der Waals surface area contributed by atoms with Gasteiger partial charge in [-0.25, -0.2) is 0 Å². The second kappa shape index (κ2) is 8.90. The summed E-state index contributed by atoms with van der Waals surface area (Å²) in [6.45, 7) is 2.86. The maximum atomic E-state index is 12.6. The van der Waals surface area contributed by atoms with Crippen LogP contribution in [0.25, 0.3) is 0 Å². The third-order valence-corrected chi connectivity index (χ3v) is 6.24. The number of hydrogen-bond donors (Lipinski definition) is 2. The van der Waals surface area contributed by atoms with Crippen molar-refractivity contribution in [3.05, 3.63) is 71.8 Å². The number of hydrogen-bond acceptors (Lipinski definition) is 2. The van der Waals surface area contributed by atoms with E-state index in [-0.39, 0.29) is 24.2 Å². The van der Waals surface area contributed by atoms with Crippen molar-refractivity contribution in [1.82, 2.24) is 10.6 Å². The van der Waals surface area contributed by atoms with E-state index in [1.165, 1.54) is 11.1 Å². The van der Waals surface area contributed by atoms with Crippen molar-refractivity contribution in [2.45, 2.75) is 31.6 Å². The van der Waals surface area contributed by atoms with E-state index in [2.05, 4.69) is 71.3 Å². The van der Waals surface area contributed by atoms with Crippen molar-refractivity contribution in [3.8, 4) is 0 Å². The molecular weight excluding hydrogens is 356 g/mol. The normalized spacial score (nSPS) is 20.1. The van der Waals surface area contributed by atoms with Crippen LogP contribution in [0.1, 0.15) is 42.7 Å². The number of nitrogens with one attached hydrogen (secondary N) is 2. The van der Waals surface area contributed by atoms with E-state index >= 15 is 0 Å². The monoisotopic (exact) mass is 384 g/mol. The SMILES string of the molecule is Cl.O=C(NCCC(c1ccccc1)c1ccccc1)C1CC12CCNCC2. The second-order valence-corrected chi connectivity index (χ2v) is 7.82. The number of rotatable bonds is 6. The van der Waals surface area contributed by atoms with Gasteiger partial charge in [0.1, 0.15) is 0 Å².